The van der Waals surface area contributed by atoms with Crippen molar-refractivity contribution in [2.75, 3.05) is 0 Å². The van der Waals surface area contributed by atoms with Gasteiger partial charge in [0, 0.05) is 16.7 Å². The normalized spacial score (nSPS) is 12.5. The number of H-pyrrole nitrogens is 1. The van der Waals surface area contributed by atoms with Crippen LogP contribution in [-0.4, -0.2) is 21.3 Å². The molecule has 0 atom stereocenters. The number of benzene rings is 1. The highest BCUT2D eigenvalue weighted by Crippen LogP contribution is 2.39. The predicted molar refractivity (Wildman–Crippen MR) is 74.7 cm³/mol. The summed E-state index contributed by atoms with van der Waals surface area (Å²) < 4.78 is 39.6. The van der Waals surface area contributed by atoms with Crippen LogP contribution in [0, 0.1) is 0 Å². The number of carboxylic acids is 1. The zero-order valence-electron chi connectivity index (χ0n) is 12.2. The second-order valence-corrected chi connectivity index (χ2v) is 5.95. The van der Waals surface area contributed by atoms with Gasteiger partial charge in [-0.2, -0.15) is 18.3 Å². The van der Waals surface area contributed by atoms with Crippen LogP contribution in [0.2, 0.25) is 0 Å². The van der Waals surface area contributed by atoms with Crippen molar-refractivity contribution in [3.63, 3.8) is 0 Å². The third-order valence-electron chi connectivity index (χ3n) is 3.24. The molecule has 2 N–H and O–H groups in total. The molecule has 1 aromatic carbocycles. The Morgan fingerprint density at radius 3 is 2.32 bits per heavy atom. The molecule has 0 saturated heterocycles. The number of rotatable bonds is 2. The van der Waals surface area contributed by atoms with E-state index in [2.05, 4.69) is 10.2 Å². The van der Waals surface area contributed by atoms with Crippen LogP contribution in [0.1, 0.15) is 42.4 Å². The molecule has 2 aromatic rings. The number of hydrogen-bond acceptors (Lipinski definition) is 2. The summed E-state index contributed by atoms with van der Waals surface area (Å²) in [5, 5.41) is 15.7. The lowest BCUT2D eigenvalue weighted by atomic mass is 9.91. The minimum atomic E-state index is -4.67. The van der Waals surface area contributed by atoms with E-state index in [1.54, 1.807) is 0 Å². The fourth-order valence-electron chi connectivity index (χ4n) is 2.08. The van der Waals surface area contributed by atoms with Crippen LogP contribution in [0.4, 0.5) is 13.2 Å². The third kappa shape index (κ3) is 2.98. The van der Waals surface area contributed by atoms with E-state index in [-0.39, 0.29) is 11.1 Å². The molecule has 0 radical (unpaired) electrons. The van der Waals surface area contributed by atoms with Gasteiger partial charge >= 0.3 is 12.1 Å². The van der Waals surface area contributed by atoms with Crippen LogP contribution >= 0.6 is 0 Å². The molecular weight excluding hydrogens is 297 g/mol. The molecule has 0 unspecified atom stereocenters. The van der Waals surface area contributed by atoms with Crippen molar-refractivity contribution in [2.45, 2.75) is 32.4 Å². The van der Waals surface area contributed by atoms with Crippen molar-refractivity contribution in [3.8, 4) is 11.3 Å². The first-order chi connectivity index (χ1) is 10.0. The molecule has 0 aliphatic rings. The molecule has 0 aliphatic heterocycles. The molecule has 4 nitrogen and oxygen atoms in total. The number of aromatic amines is 1. The molecule has 0 aliphatic carbocycles. The summed E-state index contributed by atoms with van der Waals surface area (Å²) in [4.78, 5) is 11.3. The summed E-state index contributed by atoms with van der Waals surface area (Å²) in [5.74, 6) is -1.43. The molecule has 2 rings (SSSR count). The first kappa shape index (κ1) is 16.1. The topological polar surface area (TPSA) is 66.0 Å². The van der Waals surface area contributed by atoms with E-state index in [1.165, 1.54) is 6.07 Å². The number of carbonyl (C=O) groups is 1. The van der Waals surface area contributed by atoms with Gasteiger partial charge in [0.2, 0.25) is 0 Å². The van der Waals surface area contributed by atoms with Gasteiger partial charge in [-0.05, 0) is 18.2 Å². The molecule has 0 spiro atoms. The first-order valence-corrected chi connectivity index (χ1v) is 6.51. The van der Waals surface area contributed by atoms with Crippen molar-refractivity contribution in [2.24, 2.45) is 0 Å². The number of hydrogen-bond donors (Lipinski definition) is 2. The SMILES string of the molecule is CC(C)(C)c1cc(-c2c(C(=O)O)cccc2C(F)(F)F)n[nH]1. The van der Waals surface area contributed by atoms with Crippen molar-refractivity contribution in [1.82, 2.24) is 10.2 Å². The molecule has 0 fully saturated rings. The molecule has 118 valence electrons. The summed E-state index contributed by atoms with van der Waals surface area (Å²) in [6, 6.07) is 4.52. The lowest BCUT2D eigenvalue weighted by Crippen LogP contribution is -2.12. The maximum atomic E-state index is 13.2. The van der Waals surface area contributed by atoms with Crippen LogP contribution in [-0.2, 0) is 11.6 Å². The number of carboxylic acid groups (broad SMARTS) is 1. The van der Waals surface area contributed by atoms with Gasteiger partial charge in [-0.15, -0.1) is 0 Å². The molecule has 0 bridgehead atoms. The van der Waals surface area contributed by atoms with Crippen LogP contribution < -0.4 is 0 Å². The minimum absolute atomic E-state index is 0.0322. The molecule has 0 amide bonds. The predicted octanol–water partition coefficient (Wildman–Crippen LogP) is 4.09. The first-order valence-electron chi connectivity index (χ1n) is 6.51. The zero-order chi connectivity index (χ0) is 16.7. The molecule has 1 aromatic heterocycles. The van der Waals surface area contributed by atoms with Crippen LogP contribution in [0.25, 0.3) is 11.3 Å². The number of nitrogens with zero attached hydrogens (tertiary/aromatic N) is 1. The quantitative estimate of drug-likeness (QED) is 0.877. The van der Waals surface area contributed by atoms with Crippen LogP contribution in [0.5, 0.6) is 0 Å². The summed E-state index contributed by atoms with van der Waals surface area (Å²) in [6.45, 7) is 5.62. The van der Waals surface area contributed by atoms with Crippen LogP contribution in [0.3, 0.4) is 0 Å². The summed E-state index contributed by atoms with van der Waals surface area (Å²) >= 11 is 0. The fraction of sp³-hybridized carbons (Fsp3) is 0.333. The Hall–Kier alpha value is -2.31. The standard InChI is InChI=1S/C15H15F3N2O2/c1-14(2,3)11-7-10(19-20-11)12-8(13(21)22)5-4-6-9(12)15(16,17)18/h4-7H,1-3H3,(H,19,20)(H,21,22). The highest BCUT2D eigenvalue weighted by molar-refractivity contribution is 5.96. The summed E-state index contributed by atoms with van der Waals surface area (Å²) in [5.41, 5.74) is -1.62. The number of nitrogens with one attached hydrogen (secondary N) is 1. The van der Waals surface area contributed by atoms with Gasteiger partial charge in [0.05, 0.1) is 16.8 Å². The van der Waals surface area contributed by atoms with Crippen molar-refractivity contribution < 1.29 is 23.1 Å². The Morgan fingerprint density at radius 2 is 1.86 bits per heavy atom. The van der Waals surface area contributed by atoms with E-state index in [4.69, 9.17) is 0 Å². The van der Waals surface area contributed by atoms with E-state index in [0.29, 0.717) is 5.69 Å². The van der Waals surface area contributed by atoms with Gasteiger partial charge in [-0.3, -0.25) is 5.10 Å². The maximum Gasteiger partial charge on any atom is 0.417 e. The highest BCUT2D eigenvalue weighted by Gasteiger charge is 2.36. The second-order valence-electron chi connectivity index (χ2n) is 5.95. The molecule has 7 heteroatoms. The maximum absolute atomic E-state index is 13.2. The molecular formula is C15H15F3N2O2. The average molecular weight is 312 g/mol. The van der Waals surface area contributed by atoms with E-state index in [0.717, 1.165) is 18.2 Å². The van der Waals surface area contributed by atoms with Gasteiger partial charge < -0.3 is 5.11 Å². The monoisotopic (exact) mass is 312 g/mol. The highest BCUT2D eigenvalue weighted by atomic mass is 19.4. The largest absolute Gasteiger partial charge is 0.478 e. The van der Waals surface area contributed by atoms with E-state index >= 15 is 0 Å². The number of halogens is 3. The van der Waals surface area contributed by atoms with E-state index in [9.17, 15) is 23.1 Å². The Labute approximate surface area is 125 Å². The minimum Gasteiger partial charge on any atom is -0.478 e. The second kappa shape index (κ2) is 5.15. The lowest BCUT2D eigenvalue weighted by molar-refractivity contribution is -0.137. The summed E-state index contributed by atoms with van der Waals surface area (Å²) in [6.07, 6.45) is -4.67. The van der Waals surface area contributed by atoms with Crippen LogP contribution in [0.15, 0.2) is 24.3 Å². The van der Waals surface area contributed by atoms with Gasteiger partial charge in [-0.1, -0.05) is 26.8 Å². The fourth-order valence-corrected chi connectivity index (χ4v) is 2.08. The van der Waals surface area contributed by atoms with Crippen molar-refractivity contribution in [1.29, 1.82) is 0 Å². The Kier molecular flexibility index (Phi) is 3.76. The number of aromatic carboxylic acids is 1. The van der Waals surface area contributed by atoms with Crippen molar-refractivity contribution >= 4 is 5.97 Å². The van der Waals surface area contributed by atoms with Gasteiger partial charge in [-0.25, -0.2) is 4.79 Å². The molecule has 1 heterocycles. The Morgan fingerprint density at radius 1 is 1.23 bits per heavy atom. The number of alkyl halides is 3. The van der Waals surface area contributed by atoms with E-state index < -0.39 is 28.8 Å². The Balaban J connectivity index is 2.72. The summed E-state index contributed by atoms with van der Waals surface area (Å²) in [7, 11) is 0. The van der Waals surface area contributed by atoms with E-state index in [1.807, 2.05) is 20.8 Å². The number of aromatic nitrogens is 2. The molecule has 22 heavy (non-hydrogen) atoms. The van der Waals surface area contributed by atoms with Gasteiger partial charge in [0.15, 0.2) is 0 Å². The third-order valence-corrected chi connectivity index (χ3v) is 3.24. The lowest BCUT2D eigenvalue weighted by Gasteiger charge is -2.15. The molecule has 0 saturated carbocycles. The average Bonchev–Trinajstić information content (AvgIpc) is 2.85. The zero-order valence-corrected chi connectivity index (χ0v) is 12.2. The van der Waals surface area contributed by atoms with Gasteiger partial charge in [0.25, 0.3) is 0 Å². The van der Waals surface area contributed by atoms with Gasteiger partial charge in [0.1, 0.15) is 0 Å². The Bertz CT molecular complexity index is 712. The van der Waals surface area contributed by atoms with Crippen molar-refractivity contribution in [3.05, 3.63) is 41.1 Å². The smallest absolute Gasteiger partial charge is 0.417 e.